The van der Waals surface area contributed by atoms with Crippen LogP contribution >= 0.6 is 11.6 Å². The summed E-state index contributed by atoms with van der Waals surface area (Å²) in [5.74, 6) is -0.125. The largest absolute Gasteiger partial charge is 0.364 e. The van der Waals surface area contributed by atoms with Crippen molar-refractivity contribution in [3.8, 4) is 0 Å². The van der Waals surface area contributed by atoms with Crippen LogP contribution in [0.1, 0.15) is 12.5 Å². The molecule has 2 N–H and O–H groups in total. The Balaban J connectivity index is 2.29. The van der Waals surface area contributed by atoms with Gasteiger partial charge >= 0.3 is 0 Å². The topological polar surface area (TPSA) is 41.1 Å². The fourth-order valence-electron chi connectivity index (χ4n) is 2.01. The summed E-state index contributed by atoms with van der Waals surface area (Å²) in [7, 11) is 0. The highest BCUT2D eigenvalue weighted by Gasteiger charge is 2.34. The molecule has 1 heterocycles. The Bertz CT molecular complexity index is 496. The molecule has 0 saturated heterocycles. The monoisotopic (exact) mass is 262 g/mol. The Hall–Kier alpha value is -1.74. The van der Waals surface area contributed by atoms with E-state index < -0.39 is 5.66 Å². The molecule has 1 atom stereocenters. The molecule has 0 aromatic heterocycles. The van der Waals surface area contributed by atoms with Crippen molar-refractivity contribution in [2.45, 2.75) is 19.0 Å². The number of carbonyl (C=O) groups is 1. The number of amides is 1. The second kappa shape index (κ2) is 5.27. The van der Waals surface area contributed by atoms with E-state index in [4.69, 9.17) is 11.6 Å². The molecule has 94 valence electrons. The van der Waals surface area contributed by atoms with Crippen molar-refractivity contribution >= 4 is 17.5 Å². The van der Waals surface area contributed by atoms with Crippen molar-refractivity contribution < 1.29 is 4.79 Å². The van der Waals surface area contributed by atoms with E-state index in [-0.39, 0.29) is 5.91 Å². The molecule has 1 aliphatic heterocycles. The van der Waals surface area contributed by atoms with Gasteiger partial charge in [-0.1, -0.05) is 41.9 Å². The summed E-state index contributed by atoms with van der Waals surface area (Å²) in [6.45, 7) is 1.48. The third-order valence-corrected chi connectivity index (χ3v) is 3.23. The number of nitrogens with one attached hydrogen (secondary N) is 2. The summed E-state index contributed by atoms with van der Waals surface area (Å²) in [5, 5.41) is 6.61. The van der Waals surface area contributed by atoms with E-state index in [0.29, 0.717) is 11.5 Å². The lowest BCUT2D eigenvalue weighted by molar-refractivity contribution is -0.120. The van der Waals surface area contributed by atoms with Crippen LogP contribution < -0.4 is 10.6 Å². The third kappa shape index (κ3) is 2.74. The maximum Gasteiger partial charge on any atom is 0.218 e. The Morgan fingerprint density at radius 2 is 2.11 bits per heavy atom. The molecule has 4 heteroatoms. The maximum atomic E-state index is 11.4. The van der Waals surface area contributed by atoms with Crippen molar-refractivity contribution in [2.75, 3.05) is 0 Å². The number of hydrogen-bond acceptors (Lipinski definition) is 2. The van der Waals surface area contributed by atoms with Crippen molar-refractivity contribution in [2.24, 2.45) is 0 Å². The van der Waals surface area contributed by atoms with Crippen molar-refractivity contribution in [3.63, 3.8) is 0 Å². The minimum absolute atomic E-state index is 0.125. The Labute approximate surface area is 112 Å². The number of benzene rings is 1. The van der Waals surface area contributed by atoms with Gasteiger partial charge in [0.05, 0.1) is 5.03 Å². The second-order valence-electron chi connectivity index (χ2n) is 4.27. The van der Waals surface area contributed by atoms with E-state index in [9.17, 15) is 4.79 Å². The molecular weight excluding hydrogens is 248 g/mol. The van der Waals surface area contributed by atoms with Crippen LogP contribution in [0.15, 0.2) is 53.7 Å². The molecule has 1 unspecified atom stereocenters. The molecule has 1 aliphatic rings. The Morgan fingerprint density at radius 1 is 1.39 bits per heavy atom. The lowest BCUT2D eigenvalue weighted by atomic mass is 9.97. The van der Waals surface area contributed by atoms with Gasteiger partial charge in [-0.15, -0.1) is 0 Å². The molecule has 3 nitrogen and oxygen atoms in total. The highest BCUT2D eigenvalue weighted by Crippen LogP contribution is 2.25. The van der Waals surface area contributed by atoms with E-state index >= 15 is 0 Å². The van der Waals surface area contributed by atoms with E-state index in [1.54, 1.807) is 12.3 Å². The number of hydrogen-bond donors (Lipinski definition) is 2. The molecule has 1 amide bonds. The van der Waals surface area contributed by atoms with Gasteiger partial charge in [-0.25, -0.2) is 0 Å². The average molecular weight is 263 g/mol. The first-order valence-electron chi connectivity index (χ1n) is 5.75. The molecule has 2 rings (SSSR count). The Kier molecular flexibility index (Phi) is 3.72. The molecule has 0 saturated carbocycles. The van der Waals surface area contributed by atoms with Crippen LogP contribution in [0.25, 0.3) is 0 Å². The van der Waals surface area contributed by atoms with Crippen LogP contribution in [0.3, 0.4) is 0 Å². The fourth-order valence-corrected chi connectivity index (χ4v) is 2.25. The Morgan fingerprint density at radius 3 is 2.72 bits per heavy atom. The first-order chi connectivity index (χ1) is 8.62. The van der Waals surface area contributed by atoms with Gasteiger partial charge in [0.1, 0.15) is 0 Å². The zero-order chi connectivity index (χ0) is 13.0. The van der Waals surface area contributed by atoms with Gasteiger partial charge < -0.3 is 10.6 Å². The lowest BCUT2D eigenvalue weighted by Gasteiger charge is -2.36. The fraction of sp³-hybridized carbons (Fsp3) is 0.214. The van der Waals surface area contributed by atoms with Crippen LogP contribution in [-0.4, -0.2) is 11.6 Å². The number of carbonyl (C=O) groups excluding carboxylic acids is 1. The SMILES string of the molecule is CC(=O)NC1(Cc2ccccc2)NC=CC=C1Cl. The van der Waals surface area contributed by atoms with E-state index in [1.165, 1.54) is 6.92 Å². The molecular formula is C14H15ClN2O. The maximum absolute atomic E-state index is 11.4. The third-order valence-electron chi connectivity index (χ3n) is 2.78. The smallest absolute Gasteiger partial charge is 0.218 e. The predicted molar refractivity (Wildman–Crippen MR) is 72.9 cm³/mol. The molecule has 0 aliphatic carbocycles. The lowest BCUT2D eigenvalue weighted by Crippen LogP contribution is -2.59. The van der Waals surface area contributed by atoms with Gasteiger partial charge in [-0.2, -0.15) is 0 Å². The van der Waals surface area contributed by atoms with Crippen LogP contribution in [0.2, 0.25) is 0 Å². The zero-order valence-electron chi connectivity index (χ0n) is 10.1. The summed E-state index contributed by atoms with van der Waals surface area (Å²) in [5.41, 5.74) is 0.351. The highest BCUT2D eigenvalue weighted by atomic mass is 35.5. The number of halogens is 1. The van der Waals surface area contributed by atoms with Crippen molar-refractivity contribution in [3.05, 3.63) is 59.3 Å². The van der Waals surface area contributed by atoms with Gasteiger partial charge in [-0.05, 0) is 23.9 Å². The quantitative estimate of drug-likeness (QED) is 0.878. The minimum atomic E-state index is -0.747. The summed E-state index contributed by atoms with van der Waals surface area (Å²) < 4.78 is 0. The molecule has 1 aromatic carbocycles. The number of rotatable bonds is 3. The normalized spacial score (nSPS) is 22.0. The van der Waals surface area contributed by atoms with Crippen LogP contribution in [0.5, 0.6) is 0 Å². The van der Waals surface area contributed by atoms with Gasteiger partial charge in [0, 0.05) is 13.3 Å². The van der Waals surface area contributed by atoms with Gasteiger partial charge in [0.25, 0.3) is 0 Å². The number of allylic oxidation sites excluding steroid dienone is 2. The van der Waals surface area contributed by atoms with E-state index in [0.717, 1.165) is 5.56 Å². The summed E-state index contributed by atoms with van der Waals surface area (Å²) in [6.07, 6.45) is 5.97. The average Bonchev–Trinajstić information content (AvgIpc) is 2.33. The summed E-state index contributed by atoms with van der Waals surface area (Å²) in [6, 6.07) is 9.90. The van der Waals surface area contributed by atoms with Gasteiger partial charge in [0.2, 0.25) is 5.91 Å². The second-order valence-corrected chi connectivity index (χ2v) is 4.67. The molecule has 0 fully saturated rings. The minimum Gasteiger partial charge on any atom is -0.364 e. The molecule has 1 aromatic rings. The highest BCUT2D eigenvalue weighted by molar-refractivity contribution is 6.31. The van der Waals surface area contributed by atoms with Crippen LogP contribution in [0, 0.1) is 0 Å². The predicted octanol–water partition coefficient (Wildman–Crippen LogP) is 2.30. The molecule has 18 heavy (non-hydrogen) atoms. The molecule has 0 radical (unpaired) electrons. The molecule has 0 bridgehead atoms. The zero-order valence-corrected chi connectivity index (χ0v) is 10.9. The summed E-state index contributed by atoms with van der Waals surface area (Å²) >= 11 is 6.27. The van der Waals surface area contributed by atoms with Crippen molar-refractivity contribution in [1.82, 2.24) is 10.6 Å². The van der Waals surface area contributed by atoms with E-state index in [2.05, 4.69) is 10.6 Å². The molecule has 0 spiro atoms. The van der Waals surface area contributed by atoms with Crippen LogP contribution in [-0.2, 0) is 11.2 Å². The van der Waals surface area contributed by atoms with Crippen LogP contribution in [0.4, 0.5) is 0 Å². The number of dihydropyridines is 1. The standard InChI is InChI=1S/C14H15ClN2O/c1-11(18)17-14(13(15)8-5-9-16-14)10-12-6-3-2-4-7-12/h2-9,16H,10H2,1H3,(H,17,18). The van der Waals surface area contributed by atoms with Gasteiger partial charge in [0.15, 0.2) is 5.66 Å². The summed E-state index contributed by atoms with van der Waals surface area (Å²) in [4.78, 5) is 11.4. The first kappa shape index (κ1) is 12.7. The van der Waals surface area contributed by atoms with Crippen molar-refractivity contribution in [1.29, 1.82) is 0 Å². The van der Waals surface area contributed by atoms with Gasteiger partial charge in [-0.3, -0.25) is 4.79 Å². The first-order valence-corrected chi connectivity index (χ1v) is 6.13. The van der Waals surface area contributed by atoms with E-state index in [1.807, 2.05) is 36.4 Å².